The van der Waals surface area contributed by atoms with Crippen LogP contribution in [0.5, 0.6) is 0 Å². The van der Waals surface area contributed by atoms with Crippen molar-refractivity contribution in [3.8, 4) is 0 Å². The van der Waals surface area contributed by atoms with Gasteiger partial charge < -0.3 is 5.32 Å². The van der Waals surface area contributed by atoms with E-state index in [-0.39, 0.29) is 11.7 Å². The number of aliphatic imine (C=N–C) groups is 1. The average Bonchev–Trinajstić information content (AvgIpc) is 2.80. The lowest BCUT2D eigenvalue weighted by atomic mass is 10.1. The van der Waals surface area contributed by atoms with E-state index in [1.165, 1.54) is 18.0 Å². The second kappa shape index (κ2) is 5.75. The van der Waals surface area contributed by atoms with Gasteiger partial charge in [-0.15, -0.1) is 0 Å². The summed E-state index contributed by atoms with van der Waals surface area (Å²) in [5.41, 5.74) is 1.17. The van der Waals surface area contributed by atoms with Crippen LogP contribution >= 0.6 is 11.8 Å². The zero-order valence-corrected chi connectivity index (χ0v) is 12.1. The first-order valence-corrected chi connectivity index (χ1v) is 8.74. The molecular weight excluding hydrogens is 284 g/mol. The first-order chi connectivity index (χ1) is 8.94. The molecule has 0 bridgehead atoms. The Bertz CT molecular complexity index is 606. The van der Waals surface area contributed by atoms with Gasteiger partial charge in [-0.2, -0.15) is 0 Å². The first kappa shape index (κ1) is 14.1. The maximum atomic E-state index is 11.9. The quantitative estimate of drug-likeness (QED) is 0.905. The Kier molecular flexibility index (Phi) is 4.26. The summed E-state index contributed by atoms with van der Waals surface area (Å²) in [5.74, 6) is 0.652. The molecule has 1 aliphatic rings. The Balaban J connectivity index is 2.03. The number of rotatable bonds is 3. The van der Waals surface area contributed by atoms with Crippen LogP contribution < -0.4 is 5.32 Å². The Morgan fingerprint density at radius 3 is 2.58 bits per heavy atom. The molecule has 19 heavy (non-hydrogen) atoms. The Hall–Kier alpha value is -1.34. The van der Waals surface area contributed by atoms with Crippen LogP contribution in [0.4, 0.5) is 0 Å². The Morgan fingerprint density at radius 1 is 1.37 bits per heavy atom. The van der Waals surface area contributed by atoms with Gasteiger partial charge in [-0.05, 0) is 17.7 Å². The van der Waals surface area contributed by atoms with Crippen molar-refractivity contribution < 1.29 is 13.2 Å². The summed E-state index contributed by atoms with van der Waals surface area (Å²) >= 11 is 1.52. The highest BCUT2D eigenvalue weighted by molar-refractivity contribution is 8.14. The molecule has 0 unspecified atom stereocenters. The van der Waals surface area contributed by atoms with E-state index in [0.29, 0.717) is 16.3 Å². The third-order valence-corrected chi connectivity index (χ3v) is 4.20. The largest absolute Gasteiger partial charge is 0.301 e. The topological polar surface area (TPSA) is 75.6 Å². The SMILES string of the molecule is CS(=O)(=O)Cc1ccc(C(=O)NC2=NCCS2)cc1. The van der Waals surface area contributed by atoms with Crippen molar-refractivity contribution in [2.24, 2.45) is 4.99 Å². The molecule has 0 radical (unpaired) electrons. The maximum absolute atomic E-state index is 11.9. The molecule has 0 saturated heterocycles. The lowest BCUT2D eigenvalue weighted by Gasteiger charge is -2.05. The van der Waals surface area contributed by atoms with Gasteiger partial charge in [0.25, 0.3) is 5.91 Å². The maximum Gasteiger partial charge on any atom is 0.257 e. The molecule has 0 atom stereocenters. The smallest absolute Gasteiger partial charge is 0.257 e. The molecule has 1 aliphatic heterocycles. The minimum absolute atomic E-state index is 0.0164. The number of benzene rings is 1. The summed E-state index contributed by atoms with van der Waals surface area (Å²) in [7, 11) is -3.05. The molecule has 0 aliphatic carbocycles. The number of thioether (sulfide) groups is 1. The number of amidine groups is 1. The highest BCUT2D eigenvalue weighted by atomic mass is 32.2. The van der Waals surface area contributed by atoms with Gasteiger partial charge in [0.05, 0.1) is 12.3 Å². The monoisotopic (exact) mass is 298 g/mol. The van der Waals surface area contributed by atoms with Crippen LogP contribution in [0.25, 0.3) is 0 Å². The van der Waals surface area contributed by atoms with Crippen LogP contribution in [0.1, 0.15) is 15.9 Å². The predicted molar refractivity (Wildman–Crippen MR) is 77.2 cm³/mol. The molecule has 1 amide bonds. The van der Waals surface area contributed by atoms with Crippen molar-refractivity contribution in [2.45, 2.75) is 5.75 Å². The molecule has 7 heteroatoms. The van der Waals surface area contributed by atoms with E-state index >= 15 is 0 Å². The molecular formula is C12H14N2O3S2. The van der Waals surface area contributed by atoms with Crippen molar-refractivity contribution in [1.82, 2.24) is 5.32 Å². The van der Waals surface area contributed by atoms with Crippen LogP contribution in [0.2, 0.25) is 0 Å². The van der Waals surface area contributed by atoms with Crippen LogP contribution in [-0.4, -0.2) is 38.0 Å². The number of amides is 1. The summed E-state index contributed by atoms with van der Waals surface area (Å²) in [6.07, 6.45) is 1.18. The van der Waals surface area contributed by atoms with Gasteiger partial charge in [0.1, 0.15) is 0 Å². The summed E-state index contributed by atoms with van der Waals surface area (Å²) < 4.78 is 22.3. The molecule has 1 heterocycles. The summed E-state index contributed by atoms with van der Waals surface area (Å²) in [4.78, 5) is 16.0. The summed E-state index contributed by atoms with van der Waals surface area (Å²) in [5, 5.41) is 3.36. The molecule has 0 fully saturated rings. The van der Waals surface area contributed by atoms with E-state index in [1.807, 2.05) is 0 Å². The van der Waals surface area contributed by atoms with Gasteiger partial charge in [0.2, 0.25) is 0 Å². The molecule has 0 saturated carbocycles. The van der Waals surface area contributed by atoms with Crippen LogP contribution in [-0.2, 0) is 15.6 Å². The second-order valence-corrected chi connectivity index (χ2v) is 7.48. The number of nitrogens with zero attached hydrogens (tertiary/aromatic N) is 1. The minimum Gasteiger partial charge on any atom is -0.301 e. The van der Waals surface area contributed by atoms with Crippen LogP contribution in [0, 0.1) is 0 Å². The van der Waals surface area contributed by atoms with Gasteiger partial charge in [0.15, 0.2) is 15.0 Å². The molecule has 102 valence electrons. The van der Waals surface area contributed by atoms with Crippen LogP contribution in [0.3, 0.4) is 0 Å². The molecule has 2 rings (SSSR count). The highest BCUT2D eigenvalue weighted by Gasteiger charge is 2.12. The third-order valence-electron chi connectivity index (χ3n) is 2.45. The van der Waals surface area contributed by atoms with Crippen molar-refractivity contribution in [2.75, 3.05) is 18.6 Å². The number of nitrogens with one attached hydrogen (secondary N) is 1. The van der Waals surface area contributed by atoms with Gasteiger partial charge in [-0.25, -0.2) is 8.42 Å². The zero-order valence-electron chi connectivity index (χ0n) is 10.4. The fourth-order valence-corrected chi connectivity index (χ4v) is 3.16. The lowest BCUT2D eigenvalue weighted by Crippen LogP contribution is -2.27. The first-order valence-electron chi connectivity index (χ1n) is 5.69. The predicted octanol–water partition coefficient (Wildman–Crippen LogP) is 1.06. The molecule has 5 nitrogen and oxygen atoms in total. The minimum atomic E-state index is -3.05. The van der Waals surface area contributed by atoms with Crippen molar-refractivity contribution >= 4 is 32.7 Å². The number of carbonyl (C=O) groups excluding carboxylic acids is 1. The van der Waals surface area contributed by atoms with Crippen LogP contribution in [0.15, 0.2) is 29.3 Å². The third kappa shape index (κ3) is 4.36. The Labute approximate surface area is 116 Å². The molecule has 1 aromatic rings. The number of hydrogen-bond acceptors (Lipinski definition) is 5. The molecule has 0 aromatic heterocycles. The molecule has 1 N–H and O–H groups in total. The van der Waals surface area contributed by atoms with Gasteiger partial charge in [-0.3, -0.25) is 9.79 Å². The van der Waals surface area contributed by atoms with Gasteiger partial charge in [-0.1, -0.05) is 23.9 Å². The van der Waals surface area contributed by atoms with E-state index in [0.717, 1.165) is 12.3 Å². The highest BCUT2D eigenvalue weighted by Crippen LogP contribution is 2.11. The zero-order chi connectivity index (χ0) is 13.9. The van der Waals surface area contributed by atoms with Crippen molar-refractivity contribution in [3.63, 3.8) is 0 Å². The number of carbonyl (C=O) groups is 1. The fraction of sp³-hybridized carbons (Fsp3) is 0.333. The van der Waals surface area contributed by atoms with Gasteiger partial charge in [0, 0.05) is 17.6 Å². The lowest BCUT2D eigenvalue weighted by molar-refractivity contribution is 0.0978. The molecule has 0 spiro atoms. The van der Waals surface area contributed by atoms with E-state index < -0.39 is 9.84 Å². The number of sulfone groups is 1. The summed E-state index contributed by atoms with van der Waals surface area (Å²) in [6, 6.07) is 6.55. The summed E-state index contributed by atoms with van der Waals surface area (Å²) in [6.45, 7) is 0.730. The fourth-order valence-electron chi connectivity index (χ4n) is 1.64. The second-order valence-electron chi connectivity index (χ2n) is 4.26. The normalized spacial score (nSPS) is 15.1. The van der Waals surface area contributed by atoms with E-state index in [9.17, 15) is 13.2 Å². The van der Waals surface area contributed by atoms with E-state index in [1.54, 1.807) is 24.3 Å². The van der Waals surface area contributed by atoms with E-state index in [4.69, 9.17) is 0 Å². The van der Waals surface area contributed by atoms with Crippen molar-refractivity contribution in [1.29, 1.82) is 0 Å². The Morgan fingerprint density at radius 2 is 2.05 bits per heavy atom. The average molecular weight is 298 g/mol. The standard InChI is InChI=1S/C12H14N2O3S2/c1-19(16,17)8-9-2-4-10(5-3-9)11(15)14-12-13-6-7-18-12/h2-5H,6-8H2,1H3,(H,13,14,15). The van der Waals surface area contributed by atoms with Gasteiger partial charge >= 0.3 is 0 Å². The molecule has 1 aromatic carbocycles. The van der Waals surface area contributed by atoms with Crippen molar-refractivity contribution in [3.05, 3.63) is 35.4 Å². The van der Waals surface area contributed by atoms with E-state index in [2.05, 4.69) is 10.3 Å². The number of hydrogen-bond donors (Lipinski definition) is 1.